The first kappa shape index (κ1) is 23.9. The van der Waals surface area contributed by atoms with E-state index in [1.807, 2.05) is 36.4 Å². The summed E-state index contributed by atoms with van der Waals surface area (Å²) in [5, 5.41) is 10.1. The number of nitrogens with zero attached hydrogens (tertiary/aromatic N) is 4. The van der Waals surface area contributed by atoms with Crippen molar-refractivity contribution in [3.8, 4) is 11.3 Å². The Bertz CT molecular complexity index is 1660. The number of nitrogen functional groups attached to an aromatic ring is 1. The van der Waals surface area contributed by atoms with Crippen LogP contribution < -0.4 is 35.3 Å². The van der Waals surface area contributed by atoms with Crippen LogP contribution in [-0.2, 0) is 10.1 Å². The molecule has 34 heavy (non-hydrogen) atoms. The van der Waals surface area contributed by atoms with Crippen LogP contribution in [0.25, 0.3) is 32.9 Å². The van der Waals surface area contributed by atoms with Gasteiger partial charge in [-0.2, -0.15) is 8.42 Å². The van der Waals surface area contributed by atoms with Gasteiger partial charge in [0.2, 0.25) is 0 Å². The Morgan fingerprint density at radius 1 is 0.882 bits per heavy atom. The largest absolute Gasteiger partial charge is 1.00 e. The van der Waals surface area contributed by atoms with E-state index in [1.54, 1.807) is 42.7 Å². The van der Waals surface area contributed by atoms with Crippen molar-refractivity contribution in [3.63, 3.8) is 0 Å². The Kier molecular flexibility index (Phi) is 6.74. The van der Waals surface area contributed by atoms with Crippen LogP contribution in [0.3, 0.4) is 0 Å². The van der Waals surface area contributed by atoms with Gasteiger partial charge in [-0.15, -0.1) is 10.2 Å². The number of hydrogen-bond donors (Lipinski definition) is 2. The summed E-state index contributed by atoms with van der Waals surface area (Å²) in [4.78, 5) is 8.65. The molecule has 3 aromatic carbocycles. The number of anilines is 1. The molecular weight excluding hydrogens is 461 g/mol. The van der Waals surface area contributed by atoms with E-state index < -0.39 is 10.1 Å². The van der Waals surface area contributed by atoms with Crippen molar-refractivity contribution >= 4 is 48.9 Å². The molecule has 0 saturated carbocycles. The van der Waals surface area contributed by atoms with E-state index in [0.29, 0.717) is 16.5 Å². The van der Waals surface area contributed by atoms with Gasteiger partial charge in [-0.25, -0.2) is 0 Å². The quantitative estimate of drug-likeness (QED) is 0.176. The summed E-state index contributed by atoms with van der Waals surface area (Å²) in [5.74, 6) is 0. The molecule has 0 atom stereocenters. The molecule has 8 nitrogen and oxygen atoms in total. The van der Waals surface area contributed by atoms with E-state index in [-0.39, 0.29) is 47.3 Å². The smallest absolute Gasteiger partial charge is 1.00 e. The zero-order valence-corrected chi connectivity index (χ0v) is 20.9. The second-order valence-corrected chi connectivity index (χ2v) is 8.70. The van der Waals surface area contributed by atoms with Crippen LogP contribution in [0.5, 0.6) is 0 Å². The van der Waals surface area contributed by atoms with Crippen molar-refractivity contribution in [2.75, 3.05) is 5.73 Å². The topological polar surface area (TPSA) is 131 Å². The van der Waals surface area contributed by atoms with Crippen LogP contribution in [0.1, 0.15) is 1.43 Å². The van der Waals surface area contributed by atoms with E-state index >= 15 is 0 Å². The van der Waals surface area contributed by atoms with Gasteiger partial charge in [-0.1, -0.05) is 48.5 Å². The maximum absolute atomic E-state index is 11.9. The van der Waals surface area contributed by atoms with Gasteiger partial charge in [-0.05, 0) is 24.3 Å². The molecule has 0 fully saturated rings. The van der Waals surface area contributed by atoms with Gasteiger partial charge in [0.15, 0.2) is 0 Å². The Morgan fingerprint density at radius 2 is 1.65 bits per heavy atom. The third-order valence-corrected chi connectivity index (χ3v) is 6.13. The summed E-state index contributed by atoms with van der Waals surface area (Å²) < 4.78 is 33.4. The van der Waals surface area contributed by atoms with Crippen molar-refractivity contribution in [2.24, 2.45) is 10.2 Å². The second-order valence-electron chi connectivity index (χ2n) is 7.31. The molecule has 5 aromatic rings. The maximum Gasteiger partial charge on any atom is 1.00 e. The molecule has 2 aromatic heterocycles. The SMILES string of the molecule is Nc1c(N=Nc2ccc(-c3cccc4cccnc34)nc2)cc(S(=O)(=O)O)c2ccccc12.[H-].[Na+]. The van der Waals surface area contributed by atoms with Crippen molar-refractivity contribution in [3.05, 3.63) is 85.2 Å². The van der Waals surface area contributed by atoms with Gasteiger partial charge >= 0.3 is 29.6 Å². The molecule has 10 heteroatoms. The molecule has 164 valence electrons. The first-order valence-electron chi connectivity index (χ1n) is 9.92. The summed E-state index contributed by atoms with van der Waals surface area (Å²) in [7, 11) is -4.48. The predicted molar refractivity (Wildman–Crippen MR) is 128 cm³/mol. The number of aromatic nitrogens is 2. The van der Waals surface area contributed by atoms with E-state index in [1.165, 1.54) is 6.07 Å². The van der Waals surface area contributed by atoms with Crippen LogP contribution in [0, 0.1) is 0 Å². The van der Waals surface area contributed by atoms with E-state index in [4.69, 9.17) is 5.73 Å². The normalized spacial score (nSPS) is 11.7. The van der Waals surface area contributed by atoms with Gasteiger partial charge < -0.3 is 7.16 Å². The van der Waals surface area contributed by atoms with Crippen molar-refractivity contribution < 1.29 is 44.0 Å². The van der Waals surface area contributed by atoms with Crippen LogP contribution in [0.15, 0.2) is 100 Å². The van der Waals surface area contributed by atoms with E-state index in [2.05, 4.69) is 20.2 Å². The molecule has 0 aliphatic rings. The first-order valence-corrected chi connectivity index (χ1v) is 11.4. The molecule has 5 rings (SSSR count). The number of nitrogens with two attached hydrogens (primary N) is 1. The van der Waals surface area contributed by atoms with Gasteiger partial charge in [-0.3, -0.25) is 14.5 Å². The standard InChI is InChI=1S/C24H17N5O3S.Na.H/c25-23-18-8-2-1-7-17(18)22(33(30,31)32)13-21(23)29-28-16-10-11-20(27-14-16)19-9-3-5-15-6-4-12-26-24(15)19;;/h1-14H,25H2,(H,30,31,32);;/q;+1;-1. The number of para-hydroxylation sites is 1. The molecule has 0 unspecified atom stereocenters. The predicted octanol–water partition coefficient (Wildman–Crippen LogP) is 2.81. The fourth-order valence-electron chi connectivity index (χ4n) is 3.67. The average Bonchev–Trinajstić information content (AvgIpc) is 2.83. The fraction of sp³-hybridized carbons (Fsp3) is 0. The molecule has 3 N–H and O–H groups in total. The number of azo groups is 1. The fourth-order valence-corrected chi connectivity index (χ4v) is 4.39. The van der Waals surface area contributed by atoms with Crippen molar-refractivity contribution in [1.29, 1.82) is 0 Å². The molecule has 0 aliphatic carbocycles. The monoisotopic (exact) mass is 479 g/mol. The van der Waals surface area contributed by atoms with Crippen LogP contribution in [0.2, 0.25) is 0 Å². The Hall–Kier alpha value is -3.21. The number of rotatable bonds is 4. The molecule has 0 bridgehead atoms. The van der Waals surface area contributed by atoms with Crippen LogP contribution in [0.4, 0.5) is 17.1 Å². The van der Waals surface area contributed by atoms with E-state index in [9.17, 15) is 13.0 Å². The maximum atomic E-state index is 11.9. The van der Waals surface area contributed by atoms with Crippen molar-refractivity contribution in [1.82, 2.24) is 9.97 Å². The van der Waals surface area contributed by atoms with Crippen LogP contribution in [-0.4, -0.2) is 22.9 Å². The Morgan fingerprint density at radius 3 is 2.38 bits per heavy atom. The minimum Gasteiger partial charge on any atom is -1.00 e. The zero-order valence-electron chi connectivity index (χ0n) is 19.1. The van der Waals surface area contributed by atoms with Gasteiger partial charge in [0.1, 0.15) is 16.3 Å². The molecular formula is C24H18N5NaO3S. The average molecular weight is 479 g/mol. The van der Waals surface area contributed by atoms with Crippen LogP contribution >= 0.6 is 0 Å². The first-order chi connectivity index (χ1) is 15.9. The molecule has 0 spiro atoms. The summed E-state index contributed by atoms with van der Waals surface area (Å²) >= 11 is 0. The summed E-state index contributed by atoms with van der Waals surface area (Å²) in [6, 6.07) is 21.1. The molecule has 0 aliphatic heterocycles. The van der Waals surface area contributed by atoms with Crippen molar-refractivity contribution in [2.45, 2.75) is 4.90 Å². The molecule has 0 saturated heterocycles. The molecule has 0 amide bonds. The zero-order chi connectivity index (χ0) is 23.0. The third-order valence-electron chi connectivity index (χ3n) is 5.23. The summed E-state index contributed by atoms with van der Waals surface area (Å²) in [6.07, 6.45) is 3.30. The summed E-state index contributed by atoms with van der Waals surface area (Å²) in [5.41, 5.74) is 9.51. The van der Waals surface area contributed by atoms with Gasteiger partial charge in [0.25, 0.3) is 10.1 Å². The van der Waals surface area contributed by atoms with Gasteiger partial charge in [0, 0.05) is 27.9 Å². The van der Waals surface area contributed by atoms with E-state index in [0.717, 1.165) is 22.2 Å². The number of pyridine rings is 2. The Labute approximate surface area is 219 Å². The van der Waals surface area contributed by atoms with Gasteiger partial charge in [0.05, 0.1) is 23.1 Å². The number of fused-ring (bicyclic) bond motifs is 2. The third kappa shape index (κ3) is 4.56. The summed E-state index contributed by atoms with van der Waals surface area (Å²) in [6.45, 7) is 0. The Balaban J connectivity index is 0.00000171. The second kappa shape index (κ2) is 9.57. The minimum absolute atomic E-state index is 0. The molecule has 0 radical (unpaired) electrons. The minimum atomic E-state index is -4.48. The number of benzene rings is 3. The molecule has 2 heterocycles. The number of hydrogen-bond acceptors (Lipinski definition) is 7.